The summed E-state index contributed by atoms with van der Waals surface area (Å²) in [5, 5.41) is 9.40. The number of thiophene rings is 1. The smallest absolute Gasteiger partial charge is 0.276 e. The summed E-state index contributed by atoms with van der Waals surface area (Å²) in [4.78, 5) is 26.8. The maximum Gasteiger partial charge on any atom is 0.276 e. The monoisotopic (exact) mass is 431 g/mol. The fraction of sp³-hybridized carbons (Fsp3) is 0.320. The Balaban J connectivity index is 1.54. The van der Waals surface area contributed by atoms with Crippen LogP contribution < -0.4 is 10.9 Å². The van der Waals surface area contributed by atoms with Gasteiger partial charge >= 0.3 is 0 Å². The molecule has 0 saturated heterocycles. The molecule has 2 aromatic carbocycles. The Kier molecular flexibility index (Phi) is 5.10. The number of amides is 1. The maximum absolute atomic E-state index is 13.5. The van der Waals surface area contributed by atoms with Gasteiger partial charge in [0.05, 0.1) is 21.8 Å². The van der Waals surface area contributed by atoms with Crippen molar-refractivity contribution in [3.8, 4) is 0 Å². The molecule has 0 aliphatic heterocycles. The van der Waals surface area contributed by atoms with Gasteiger partial charge in [-0.3, -0.25) is 9.59 Å². The summed E-state index contributed by atoms with van der Waals surface area (Å²) < 4.78 is 3.37. The molecule has 0 bridgehead atoms. The quantitative estimate of drug-likeness (QED) is 0.491. The maximum atomic E-state index is 13.5. The van der Waals surface area contributed by atoms with Crippen LogP contribution in [-0.4, -0.2) is 15.7 Å². The van der Waals surface area contributed by atoms with Crippen molar-refractivity contribution in [3.63, 3.8) is 0 Å². The largest absolute Gasteiger partial charge is 0.347 e. The molecule has 158 valence electrons. The predicted molar refractivity (Wildman–Crippen MR) is 126 cm³/mol. The van der Waals surface area contributed by atoms with E-state index in [9.17, 15) is 9.59 Å². The van der Waals surface area contributed by atoms with E-state index in [-0.39, 0.29) is 17.5 Å². The molecule has 1 aliphatic carbocycles. The Morgan fingerprint density at radius 2 is 2.00 bits per heavy atom. The third-order valence-corrected chi connectivity index (χ3v) is 7.55. The SMILES string of the molecule is CC[C@@H](C(=O)N[C@@H]1CCCc2ccccc21)n1nc(C)c2sc3ccccc3c2c1=O. The molecule has 0 fully saturated rings. The van der Waals surface area contributed by atoms with Crippen LogP contribution in [0.2, 0.25) is 0 Å². The van der Waals surface area contributed by atoms with Gasteiger partial charge in [-0.25, -0.2) is 4.68 Å². The lowest BCUT2D eigenvalue weighted by atomic mass is 9.87. The van der Waals surface area contributed by atoms with Crippen molar-refractivity contribution in [3.05, 3.63) is 75.7 Å². The fourth-order valence-corrected chi connectivity index (χ4v) is 5.87. The molecule has 0 unspecified atom stereocenters. The van der Waals surface area contributed by atoms with Crippen LogP contribution in [0.4, 0.5) is 0 Å². The number of benzene rings is 2. The highest BCUT2D eigenvalue weighted by molar-refractivity contribution is 7.26. The molecule has 0 spiro atoms. The van der Waals surface area contributed by atoms with Crippen molar-refractivity contribution in [2.24, 2.45) is 0 Å². The van der Waals surface area contributed by atoms with Crippen molar-refractivity contribution < 1.29 is 4.79 Å². The van der Waals surface area contributed by atoms with Gasteiger partial charge in [-0.1, -0.05) is 49.4 Å². The van der Waals surface area contributed by atoms with Gasteiger partial charge in [0, 0.05) is 10.1 Å². The van der Waals surface area contributed by atoms with E-state index < -0.39 is 6.04 Å². The van der Waals surface area contributed by atoms with Crippen LogP contribution >= 0.6 is 11.3 Å². The van der Waals surface area contributed by atoms with Crippen molar-refractivity contribution >= 4 is 37.4 Å². The van der Waals surface area contributed by atoms with Gasteiger partial charge in [0.2, 0.25) is 5.91 Å². The molecule has 0 saturated carbocycles. The van der Waals surface area contributed by atoms with Crippen molar-refractivity contribution in [1.29, 1.82) is 0 Å². The van der Waals surface area contributed by atoms with Crippen molar-refractivity contribution in [2.45, 2.75) is 51.6 Å². The van der Waals surface area contributed by atoms with E-state index in [1.54, 1.807) is 11.3 Å². The molecule has 5 nitrogen and oxygen atoms in total. The second-order valence-corrected chi connectivity index (χ2v) is 9.27. The van der Waals surface area contributed by atoms with Crippen LogP contribution in [0.5, 0.6) is 0 Å². The molecular weight excluding hydrogens is 406 g/mol. The molecule has 2 atom stereocenters. The zero-order valence-corrected chi connectivity index (χ0v) is 18.5. The molecule has 0 radical (unpaired) electrons. The molecule has 6 heteroatoms. The third-order valence-electron chi connectivity index (χ3n) is 6.27. The van der Waals surface area contributed by atoms with E-state index in [2.05, 4.69) is 22.5 Å². The molecule has 4 aromatic rings. The lowest BCUT2D eigenvalue weighted by Gasteiger charge is -2.28. The van der Waals surface area contributed by atoms with Gasteiger partial charge in [-0.2, -0.15) is 5.10 Å². The minimum atomic E-state index is -0.636. The summed E-state index contributed by atoms with van der Waals surface area (Å²) in [5.41, 5.74) is 3.08. The lowest BCUT2D eigenvalue weighted by Crippen LogP contribution is -2.40. The number of hydrogen-bond donors (Lipinski definition) is 1. The summed E-state index contributed by atoms with van der Waals surface area (Å²) in [5.74, 6) is -0.142. The van der Waals surface area contributed by atoms with E-state index >= 15 is 0 Å². The van der Waals surface area contributed by atoms with Crippen molar-refractivity contribution in [1.82, 2.24) is 15.1 Å². The van der Waals surface area contributed by atoms with Crippen LogP contribution in [0, 0.1) is 6.92 Å². The minimum Gasteiger partial charge on any atom is -0.347 e. The number of carbonyl (C=O) groups excluding carboxylic acids is 1. The number of nitrogens with zero attached hydrogens (tertiary/aromatic N) is 2. The van der Waals surface area contributed by atoms with Gasteiger partial charge in [0.15, 0.2) is 0 Å². The molecule has 2 aromatic heterocycles. The Bertz CT molecular complexity index is 1350. The number of nitrogens with one attached hydrogen (secondary N) is 1. The number of aromatic nitrogens is 2. The third kappa shape index (κ3) is 3.35. The first-order valence-corrected chi connectivity index (χ1v) is 11.7. The van der Waals surface area contributed by atoms with E-state index in [0.717, 1.165) is 39.7 Å². The van der Waals surface area contributed by atoms with E-state index in [1.165, 1.54) is 15.8 Å². The number of fused-ring (bicyclic) bond motifs is 4. The standard InChI is InChI=1S/C25H25N3O2S/c1-3-20(24(29)26-19-13-8-10-16-9-4-5-11-17(16)19)28-25(30)22-18-12-6-7-14-21(18)31-23(22)15(2)27-28/h4-7,9,11-12,14,19-20H,3,8,10,13H2,1-2H3,(H,26,29)/t19-,20+/m1/s1. The summed E-state index contributed by atoms with van der Waals surface area (Å²) in [6.45, 7) is 3.84. The normalized spacial score (nSPS) is 16.9. The zero-order chi connectivity index (χ0) is 21.5. The summed E-state index contributed by atoms with van der Waals surface area (Å²) >= 11 is 1.58. The molecule has 31 heavy (non-hydrogen) atoms. The molecule has 1 amide bonds. The van der Waals surface area contributed by atoms with Crippen molar-refractivity contribution in [2.75, 3.05) is 0 Å². The molecular formula is C25H25N3O2S. The molecule has 1 aliphatic rings. The van der Waals surface area contributed by atoms with Crippen LogP contribution in [0.15, 0.2) is 53.3 Å². The summed E-state index contributed by atoms with van der Waals surface area (Å²) in [6, 6.07) is 15.6. The van der Waals surface area contributed by atoms with Crippen LogP contribution in [0.3, 0.4) is 0 Å². The highest BCUT2D eigenvalue weighted by Gasteiger charge is 2.28. The molecule has 5 rings (SSSR count). The van der Waals surface area contributed by atoms with Gasteiger partial charge in [0.25, 0.3) is 5.56 Å². The van der Waals surface area contributed by atoms with E-state index in [1.807, 2.05) is 50.2 Å². The fourth-order valence-electron chi connectivity index (χ4n) is 4.73. The number of carbonyl (C=O) groups is 1. The summed E-state index contributed by atoms with van der Waals surface area (Å²) in [7, 11) is 0. The molecule has 2 heterocycles. The average Bonchev–Trinajstić information content (AvgIpc) is 3.18. The lowest BCUT2D eigenvalue weighted by molar-refractivity contribution is -0.125. The van der Waals surface area contributed by atoms with Crippen LogP contribution in [-0.2, 0) is 11.2 Å². The Morgan fingerprint density at radius 3 is 2.84 bits per heavy atom. The first kappa shape index (κ1) is 19.9. The second-order valence-electron chi connectivity index (χ2n) is 8.21. The predicted octanol–water partition coefficient (Wildman–Crippen LogP) is 5.06. The minimum absolute atomic E-state index is 0.0194. The summed E-state index contributed by atoms with van der Waals surface area (Å²) in [6.07, 6.45) is 3.50. The number of hydrogen-bond acceptors (Lipinski definition) is 4. The molecule has 1 N–H and O–H groups in total. The Hall–Kier alpha value is -2.99. The second kappa shape index (κ2) is 7.93. The van der Waals surface area contributed by atoms with Gasteiger partial charge < -0.3 is 5.32 Å². The van der Waals surface area contributed by atoms with E-state index in [4.69, 9.17) is 0 Å². The van der Waals surface area contributed by atoms with Crippen LogP contribution in [0.25, 0.3) is 20.2 Å². The van der Waals surface area contributed by atoms with Gasteiger partial charge in [-0.15, -0.1) is 11.3 Å². The Labute approximate surface area is 184 Å². The van der Waals surface area contributed by atoms with Gasteiger partial charge in [-0.05, 0) is 49.8 Å². The first-order valence-electron chi connectivity index (χ1n) is 10.9. The van der Waals surface area contributed by atoms with Crippen LogP contribution in [0.1, 0.15) is 55.1 Å². The number of rotatable bonds is 4. The van der Waals surface area contributed by atoms with E-state index in [0.29, 0.717) is 11.8 Å². The average molecular weight is 432 g/mol. The number of aryl methyl sites for hydroxylation is 2. The highest BCUT2D eigenvalue weighted by atomic mass is 32.1. The topological polar surface area (TPSA) is 64.0 Å². The zero-order valence-electron chi connectivity index (χ0n) is 17.7. The first-order chi connectivity index (χ1) is 15.1. The van der Waals surface area contributed by atoms with Gasteiger partial charge in [0.1, 0.15) is 6.04 Å². The highest BCUT2D eigenvalue weighted by Crippen LogP contribution is 2.33. The Morgan fingerprint density at radius 1 is 1.23 bits per heavy atom.